The van der Waals surface area contributed by atoms with Crippen molar-refractivity contribution in [1.82, 2.24) is 10.9 Å². The van der Waals surface area contributed by atoms with Crippen LogP contribution in [0.15, 0.2) is 24.3 Å². The zero-order valence-corrected chi connectivity index (χ0v) is 9.32. The average Bonchev–Trinajstić information content (AvgIpc) is 2.54. The molecular formula is C11H16N2O3. The summed E-state index contributed by atoms with van der Waals surface area (Å²) in [6.45, 7) is 1.60. The lowest BCUT2D eigenvalue weighted by Gasteiger charge is -2.23. The van der Waals surface area contributed by atoms with Gasteiger partial charge >= 0.3 is 0 Å². The van der Waals surface area contributed by atoms with E-state index in [0.29, 0.717) is 5.56 Å². The number of nitrogens with one attached hydrogen (secondary N) is 2. The van der Waals surface area contributed by atoms with Crippen molar-refractivity contribution >= 4 is 0 Å². The van der Waals surface area contributed by atoms with Gasteiger partial charge in [0.05, 0.1) is 7.11 Å². The van der Waals surface area contributed by atoms with Crippen LogP contribution in [0, 0.1) is 0 Å². The van der Waals surface area contributed by atoms with E-state index in [-0.39, 0.29) is 6.42 Å². The zero-order valence-electron chi connectivity index (χ0n) is 9.32. The molecule has 0 aromatic heterocycles. The molecule has 0 radical (unpaired) electrons. The molecule has 88 valence electrons. The Labute approximate surface area is 94.0 Å². The van der Waals surface area contributed by atoms with Crippen molar-refractivity contribution in [3.8, 4) is 5.75 Å². The minimum atomic E-state index is -1.25. The first kappa shape index (κ1) is 11.3. The first-order chi connectivity index (χ1) is 7.45. The summed E-state index contributed by atoms with van der Waals surface area (Å²) in [7, 11) is 1.59. The smallest absolute Gasteiger partial charge is 0.158 e. The predicted molar refractivity (Wildman–Crippen MR) is 58.4 cm³/mol. The van der Waals surface area contributed by atoms with Gasteiger partial charge in [-0.1, -0.05) is 12.1 Å². The maximum Gasteiger partial charge on any atom is 0.158 e. The van der Waals surface area contributed by atoms with Gasteiger partial charge in [-0.25, -0.2) is 10.9 Å². The summed E-state index contributed by atoms with van der Waals surface area (Å²) < 4.78 is 5.04. The van der Waals surface area contributed by atoms with E-state index in [9.17, 15) is 10.2 Å². The number of rotatable bonds is 2. The third-order valence-electron chi connectivity index (χ3n) is 2.71. The molecule has 1 aromatic carbocycles. The minimum absolute atomic E-state index is 0.173. The molecule has 4 N–H and O–H groups in total. The minimum Gasteiger partial charge on any atom is -0.497 e. The molecule has 0 saturated carbocycles. The van der Waals surface area contributed by atoms with E-state index in [1.165, 1.54) is 0 Å². The number of aliphatic hydroxyl groups is 2. The third kappa shape index (κ3) is 2.03. The van der Waals surface area contributed by atoms with Gasteiger partial charge in [-0.05, 0) is 24.6 Å². The van der Waals surface area contributed by atoms with Crippen LogP contribution in [0.25, 0.3) is 0 Å². The lowest BCUT2D eigenvalue weighted by atomic mass is 9.97. The van der Waals surface area contributed by atoms with Crippen LogP contribution >= 0.6 is 0 Å². The van der Waals surface area contributed by atoms with Gasteiger partial charge in [0.2, 0.25) is 0 Å². The highest BCUT2D eigenvalue weighted by Crippen LogP contribution is 2.31. The molecule has 1 aliphatic heterocycles. The van der Waals surface area contributed by atoms with Gasteiger partial charge in [0.25, 0.3) is 0 Å². The maximum absolute atomic E-state index is 10.3. The molecular weight excluding hydrogens is 208 g/mol. The summed E-state index contributed by atoms with van der Waals surface area (Å²) in [5.74, 6) is 0.727. The number of hydrogen-bond donors (Lipinski definition) is 4. The lowest BCUT2D eigenvalue weighted by molar-refractivity contribution is -0.0125. The average molecular weight is 224 g/mol. The van der Waals surface area contributed by atoms with E-state index in [1.807, 2.05) is 0 Å². The number of benzene rings is 1. The van der Waals surface area contributed by atoms with Crippen molar-refractivity contribution < 1.29 is 14.9 Å². The van der Waals surface area contributed by atoms with Gasteiger partial charge in [-0.3, -0.25) is 0 Å². The number of hydrogen-bond acceptors (Lipinski definition) is 5. The van der Waals surface area contributed by atoms with E-state index in [0.717, 1.165) is 5.75 Å². The summed E-state index contributed by atoms with van der Waals surface area (Å²) in [6, 6.07) is 7.05. The second-order valence-electron chi connectivity index (χ2n) is 4.29. The molecule has 16 heavy (non-hydrogen) atoms. The lowest BCUT2D eigenvalue weighted by Crippen LogP contribution is -2.44. The van der Waals surface area contributed by atoms with E-state index in [4.69, 9.17) is 4.74 Å². The van der Waals surface area contributed by atoms with Crippen molar-refractivity contribution in [1.29, 1.82) is 0 Å². The fraction of sp³-hybridized carbons (Fsp3) is 0.455. The SMILES string of the molecule is COc1ccc(C2(O)CC(C)(O)NN2)cc1. The molecule has 5 heteroatoms. The van der Waals surface area contributed by atoms with Gasteiger partial charge in [0.15, 0.2) is 5.72 Å². The molecule has 1 aliphatic rings. The molecule has 1 saturated heterocycles. The monoisotopic (exact) mass is 224 g/mol. The maximum atomic E-state index is 10.3. The molecule has 0 amide bonds. The van der Waals surface area contributed by atoms with E-state index in [1.54, 1.807) is 38.3 Å². The largest absolute Gasteiger partial charge is 0.497 e. The fourth-order valence-corrected chi connectivity index (χ4v) is 1.87. The third-order valence-corrected chi connectivity index (χ3v) is 2.71. The topological polar surface area (TPSA) is 73.8 Å². The molecule has 0 bridgehead atoms. The molecule has 1 aromatic rings. The van der Waals surface area contributed by atoms with Gasteiger partial charge in [0, 0.05) is 6.42 Å². The van der Waals surface area contributed by atoms with Crippen molar-refractivity contribution in [2.24, 2.45) is 0 Å². The molecule has 0 spiro atoms. The number of hydrazine groups is 1. The Morgan fingerprint density at radius 3 is 2.25 bits per heavy atom. The van der Waals surface area contributed by atoms with Crippen LogP contribution < -0.4 is 15.6 Å². The van der Waals surface area contributed by atoms with E-state index >= 15 is 0 Å². The highest BCUT2D eigenvalue weighted by molar-refractivity contribution is 5.31. The Kier molecular flexibility index (Phi) is 2.63. The Morgan fingerprint density at radius 2 is 1.81 bits per heavy atom. The zero-order chi connectivity index (χ0) is 11.8. The molecule has 0 aliphatic carbocycles. The summed E-state index contributed by atoms with van der Waals surface area (Å²) in [5, 5.41) is 20.0. The molecule has 2 unspecified atom stereocenters. The van der Waals surface area contributed by atoms with Gasteiger partial charge in [-0.2, -0.15) is 0 Å². The van der Waals surface area contributed by atoms with Crippen LogP contribution in [0.5, 0.6) is 5.75 Å². The van der Waals surface area contributed by atoms with Crippen LogP contribution in [-0.4, -0.2) is 23.0 Å². The second-order valence-corrected chi connectivity index (χ2v) is 4.29. The Morgan fingerprint density at radius 1 is 1.19 bits per heavy atom. The number of ether oxygens (including phenoxy) is 1. The Hall–Kier alpha value is -1.14. The highest BCUT2D eigenvalue weighted by atomic mass is 16.5. The van der Waals surface area contributed by atoms with Crippen molar-refractivity contribution in [3.05, 3.63) is 29.8 Å². The van der Waals surface area contributed by atoms with E-state index in [2.05, 4.69) is 10.9 Å². The van der Waals surface area contributed by atoms with Gasteiger partial charge in [0.1, 0.15) is 11.5 Å². The summed E-state index contributed by atoms with van der Waals surface area (Å²) in [5.41, 5.74) is 3.64. The summed E-state index contributed by atoms with van der Waals surface area (Å²) >= 11 is 0. The Balaban J connectivity index is 2.23. The van der Waals surface area contributed by atoms with Crippen LogP contribution in [0.2, 0.25) is 0 Å². The van der Waals surface area contributed by atoms with Crippen LogP contribution in [0.4, 0.5) is 0 Å². The standard InChI is InChI=1S/C11H16N2O3/c1-10(14)7-11(15,13-12-10)8-3-5-9(16-2)6-4-8/h3-6,12-15H,7H2,1-2H3. The Bertz CT molecular complexity index is 377. The molecule has 2 rings (SSSR count). The normalized spacial score (nSPS) is 34.0. The van der Waals surface area contributed by atoms with Crippen LogP contribution in [0.1, 0.15) is 18.9 Å². The summed E-state index contributed by atoms with van der Waals surface area (Å²) in [6.07, 6.45) is 0.173. The quantitative estimate of drug-likeness (QED) is 0.571. The van der Waals surface area contributed by atoms with Crippen molar-refractivity contribution in [3.63, 3.8) is 0 Å². The summed E-state index contributed by atoms with van der Waals surface area (Å²) in [4.78, 5) is 0. The first-order valence-electron chi connectivity index (χ1n) is 5.09. The predicted octanol–water partition coefficient (Wildman–Crippen LogP) is 0.0467. The second kappa shape index (κ2) is 3.71. The molecule has 1 fully saturated rings. The van der Waals surface area contributed by atoms with Crippen LogP contribution in [-0.2, 0) is 5.72 Å². The van der Waals surface area contributed by atoms with Crippen molar-refractivity contribution in [2.45, 2.75) is 24.8 Å². The first-order valence-corrected chi connectivity index (χ1v) is 5.09. The molecule has 1 heterocycles. The van der Waals surface area contributed by atoms with Gasteiger partial charge in [-0.15, -0.1) is 0 Å². The molecule has 2 atom stereocenters. The van der Waals surface area contributed by atoms with Crippen LogP contribution in [0.3, 0.4) is 0 Å². The van der Waals surface area contributed by atoms with Gasteiger partial charge < -0.3 is 14.9 Å². The van der Waals surface area contributed by atoms with Crippen molar-refractivity contribution in [2.75, 3.05) is 7.11 Å². The number of methoxy groups -OCH3 is 1. The van der Waals surface area contributed by atoms with E-state index < -0.39 is 11.4 Å². The highest BCUT2D eigenvalue weighted by Gasteiger charge is 2.44. The fourth-order valence-electron chi connectivity index (χ4n) is 1.87. The molecule has 5 nitrogen and oxygen atoms in total.